The third-order valence-electron chi connectivity index (χ3n) is 7.80. The first-order chi connectivity index (χ1) is 10.4. The van der Waals surface area contributed by atoms with Crippen molar-refractivity contribution in [1.82, 2.24) is 0 Å². The smallest absolute Gasteiger partial charge is 0.168 e. The molecule has 22 heavy (non-hydrogen) atoms. The Bertz CT molecular complexity index is 592. The number of carbonyl (C=O) groups excluding carboxylic acids is 2. The lowest BCUT2D eigenvalue weighted by Crippen LogP contribution is -2.50. The molecule has 4 aliphatic carbocycles. The summed E-state index contributed by atoms with van der Waals surface area (Å²) in [6.07, 6.45) is 7.91. The average molecular weight is 318 g/mol. The van der Waals surface area contributed by atoms with E-state index in [1.807, 2.05) is 0 Å². The molecule has 0 aliphatic heterocycles. The van der Waals surface area contributed by atoms with Gasteiger partial charge in [0.25, 0.3) is 0 Å². The summed E-state index contributed by atoms with van der Waals surface area (Å²) in [6.45, 7) is 4.60. The zero-order chi connectivity index (χ0) is 15.7. The molecule has 3 heteroatoms. The van der Waals surface area contributed by atoms with Gasteiger partial charge in [-0.05, 0) is 67.3 Å². The van der Waals surface area contributed by atoms with Crippen LogP contribution in [0.15, 0.2) is 10.5 Å². The van der Waals surface area contributed by atoms with Gasteiger partial charge >= 0.3 is 0 Å². The molecule has 0 unspecified atom stereocenters. The number of hydrogen-bond donors (Lipinski definition) is 1. The molecule has 4 aliphatic rings. The molecule has 0 radical (unpaired) electrons. The van der Waals surface area contributed by atoms with Crippen LogP contribution in [0.5, 0.6) is 0 Å². The van der Waals surface area contributed by atoms with E-state index in [-0.39, 0.29) is 16.6 Å². The van der Waals surface area contributed by atoms with Crippen molar-refractivity contribution >= 4 is 24.2 Å². The molecule has 3 fully saturated rings. The van der Waals surface area contributed by atoms with Crippen LogP contribution in [0.2, 0.25) is 0 Å². The predicted molar refractivity (Wildman–Crippen MR) is 89.6 cm³/mol. The zero-order valence-electron chi connectivity index (χ0n) is 13.7. The summed E-state index contributed by atoms with van der Waals surface area (Å²) in [6, 6.07) is 0. The molecule has 0 amide bonds. The largest absolute Gasteiger partial charge is 0.299 e. The highest BCUT2D eigenvalue weighted by Crippen LogP contribution is 2.65. The summed E-state index contributed by atoms with van der Waals surface area (Å²) in [5.41, 5.74) is 1.44. The number of fused-ring (bicyclic) bond motifs is 5. The molecule has 0 aromatic carbocycles. The van der Waals surface area contributed by atoms with Crippen molar-refractivity contribution in [1.29, 1.82) is 0 Å². The molecule has 0 aromatic rings. The summed E-state index contributed by atoms with van der Waals surface area (Å²) in [5, 5.41) is 0. The van der Waals surface area contributed by atoms with E-state index in [1.165, 1.54) is 5.57 Å². The molecular formula is C19H26O2S. The van der Waals surface area contributed by atoms with Crippen LogP contribution in [-0.2, 0) is 9.59 Å². The number of thiol groups is 1. The van der Waals surface area contributed by atoms with Crippen LogP contribution in [-0.4, -0.2) is 11.6 Å². The number of ketones is 2. The Morgan fingerprint density at radius 1 is 0.909 bits per heavy atom. The van der Waals surface area contributed by atoms with Crippen molar-refractivity contribution in [2.45, 2.75) is 65.2 Å². The standard InChI is InChI=1S/C19H26O2S/c1-18-10-8-15(20)17(22)14(18)4-3-11-12-5-6-16(21)19(12,2)9-7-13(11)18/h11-13,22H,3-10H2,1-2H3/t11-,12-,13-,18+,19-/m0/s1. The first-order valence-electron chi connectivity index (χ1n) is 8.87. The van der Waals surface area contributed by atoms with Gasteiger partial charge in [-0.2, -0.15) is 0 Å². The van der Waals surface area contributed by atoms with Crippen molar-refractivity contribution in [3.05, 3.63) is 10.5 Å². The Morgan fingerprint density at radius 3 is 2.41 bits per heavy atom. The minimum atomic E-state index is -0.0486. The number of Topliss-reactive ketones (excluding diaryl/α,β-unsaturated/α-hetero) is 2. The van der Waals surface area contributed by atoms with Crippen molar-refractivity contribution < 1.29 is 9.59 Å². The molecule has 0 spiro atoms. The Morgan fingerprint density at radius 2 is 1.64 bits per heavy atom. The van der Waals surface area contributed by atoms with Crippen molar-refractivity contribution in [3.8, 4) is 0 Å². The second-order valence-electron chi connectivity index (χ2n) is 8.50. The molecule has 0 heterocycles. The highest BCUT2D eigenvalue weighted by molar-refractivity contribution is 7.85. The fourth-order valence-corrected chi connectivity index (χ4v) is 6.94. The lowest BCUT2D eigenvalue weighted by molar-refractivity contribution is -0.132. The minimum absolute atomic E-state index is 0.0486. The van der Waals surface area contributed by atoms with Crippen LogP contribution in [0.1, 0.15) is 65.2 Å². The van der Waals surface area contributed by atoms with Gasteiger partial charge in [0, 0.05) is 23.2 Å². The van der Waals surface area contributed by atoms with E-state index >= 15 is 0 Å². The minimum Gasteiger partial charge on any atom is -0.299 e. The van der Waals surface area contributed by atoms with Crippen LogP contribution >= 0.6 is 12.6 Å². The lowest BCUT2D eigenvalue weighted by atomic mass is 9.47. The van der Waals surface area contributed by atoms with Crippen molar-refractivity contribution in [2.75, 3.05) is 0 Å². The first kappa shape index (κ1) is 15.0. The number of rotatable bonds is 0. The summed E-state index contributed by atoms with van der Waals surface area (Å²) in [4.78, 5) is 25.2. The maximum Gasteiger partial charge on any atom is 0.168 e. The molecular weight excluding hydrogens is 292 g/mol. The summed E-state index contributed by atoms with van der Waals surface area (Å²) >= 11 is 4.57. The fourth-order valence-electron chi connectivity index (χ4n) is 6.46. The molecule has 120 valence electrons. The van der Waals surface area contributed by atoms with Gasteiger partial charge in [0.15, 0.2) is 5.78 Å². The SMILES string of the molecule is C[C@]12CCC(=O)C(S)=C1CC[C@@H]1[C@@H]2CC[C@]2(C)C(=O)CC[C@@H]12. The molecule has 4 rings (SSSR count). The molecule has 0 N–H and O–H groups in total. The summed E-state index contributed by atoms with van der Waals surface area (Å²) in [5.74, 6) is 2.66. The highest BCUT2D eigenvalue weighted by atomic mass is 32.1. The predicted octanol–water partition coefficient (Wildman–Crippen LogP) is 4.34. The second kappa shape index (κ2) is 4.72. The van der Waals surface area contributed by atoms with Crippen LogP contribution < -0.4 is 0 Å². The monoisotopic (exact) mass is 318 g/mol. The maximum absolute atomic E-state index is 12.4. The van der Waals surface area contributed by atoms with E-state index in [9.17, 15) is 9.59 Å². The summed E-state index contributed by atoms with van der Waals surface area (Å²) in [7, 11) is 0. The van der Waals surface area contributed by atoms with Crippen molar-refractivity contribution in [3.63, 3.8) is 0 Å². The maximum atomic E-state index is 12.4. The number of allylic oxidation sites excluding steroid dienone is 1. The Labute approximate surface area is 138 Å². The van der Waals surface area contributed by atoms with Crippen LogP contribution in [0.3, 0.4) is 0 Å². The Hall–Kier alpha value is -0.570. The van der Waals surface area contributed by atoms with E-state index in [2.05, 4.69) is 26.5 Å². The van der Waals surface area contributed by atoms with Gasteiger partial charge in [-0.15, -0.1) is 12.6 Å². The zero-order valence-corrected chi connectivity index (χ0v) is 14.5. The van der Waals surface area contributed by atoms with E-state index < -0.39 is 0 Å². The van der Waals surface area contributed by atoms with Gasteiger partial charge in [0.05, 0.1) is 0 Å². The Kier molecular flexibility index (Phi) is 3.21. The molecule has 0 aromatic heterocycles. The molecule has 5 atom stereocenters. The van der Waals surface area contributed by atoms with Gasteiger partial charge in [-0.1, -0.05) is 13.8 Å². The van der Waals surface area contributed by atoms with E-state index in [1.54, 1.807) is 0 Å². The van der Waals surface area contributed by atoms with E-state index in [0.29, 0.717) is 30.0 Å². The van der Waals surface area contributed by atoms with E-state index in [0.717, 1.165) is 49.9 Å². The molecule has 0 bridgehead atoms. The van der Waals surface area contributed by atoms with Crippen molar-refractivity contribution in [2.24, 2.45) is 28.6 Å². The van der Waals surface area contributed by atoms with Crippen LogP contribution in [0.25, 0.3) is 0 Å². The van der Waals surface area contributed by atoms with E-state index in [4.69, 9.17) is 0 Å². The third kappa shape index (κ3) is 1.75. The van der Waals surface area contributed by atoms with Crippen LogP contribution in [0, 0.1) is 28.6 Å². The number of hydrogen-bond acceptors (Lipinski definition) is 3. The second-order valence-corrected chi connectivity index (χ2v) is 8.95. The number of carbonyl (C=O) groups is 2. The third-order valence-corrected chi connectivity index (χ3v) is 8.32. The lowest BCUT2D eigenvalue weighted by Gasteiger charge is -2.57. The molecule has 2 nitrogen and oxygen atoms in total. The highest BCUT2D eigenvalue weighted by Gasteiger charge is 2.59. The normalized spacial score (nSPS) is 48.0. The average Bonchev–Trinajstić information content (AvgIpc) is 2.79. The van der Waals surface area contributed by atoms with Gasteiger partial charge in [0.2, 0.25) is 0 Å². The quantitative estimate of drug-likeness (QED) is 0.674. The van der Waals surface area contributed by atoms with Gasteiger partial charge in [0.1, 0.15) is 5.78 Å². The Balaban J connectivity index is 1.73. The van der Waals surface area contributed by atoms with Gasteiger partial charge < -0.3 is 0 Å². The molecule has 3 saturated carbocycles. The van der Waals surface area contributed by atoms with Gasteiger partial charge in [-0.25, -0.2) is 0 Å². The topological polar surface area (TPSA) is 34.1 Å². The van der Waals surface area contributed by atoms with Gasteiger partial charge in [-0.3, -0.25) is 9.59 Å². The summed E-state index contributed by atoms with van der Waals surface area (Å²) < 4.78 is 0. The fraction of sp³-hybridized carbons (Fsp3) is 0.789. The first-order valence-corrected chi connectivity index (χ1v) is 9.32. The van der Waals surface area contributed by atoms with Crippen LogP contribution in [0.4, 0.5) is 0 Å². The molecule has 0 saturated heterocycles.